The normalized spacial score (nSPS) is 21.3. The summed E-state index contributed by atoms with van der Waals surface area (Å²) in [5, 5.41) is 15.5. The number of amides is 1. The summed E-state index contributed by atoms with van der Waals surface area (Å²) < 4.78 is 12.7. The molecule has 1 saturated heterocycles. The van der Waals surface area contributed by atoms with Gasteiger partial charge in [-0.3, -0.25) is 4.79 Å². The van der Waals surface area contributed by atoms with E-state index in [1.54, 1.807) is 12.1 Å². The van der Waals surface area contributed by atoms with Crippen LogP contribution in [0.15, 0.2) is 24.3 Å². The summed E-state index contributed by atoms with van der Waals surface area (Å²) in [4.78, 5) is 11.7. The SMILES string of the molecule is Cl.O=C(CCc1ccc(F)cc1)NCC1CNCC1O. The molecule has 2 unspecified atom stereocenters. The Morgan fingerprint density at radius 2 is 2.05 bits per heavy atom. The van der Waals surface area contributed by atoms with Crippen LogP contribution in [0.1, 0.15) is 12.0 Å². The predicted molar refractivity (Wildman–Crippen MR) is 77.3 cm³/mol. The maximum Gasteiger partial charge on any atom is 0.220 e. The van der Waals surface area contributed by atoms with E-state index in [0.29, 0.717) is 25.9 Å². The van der Waals surface area contributed by atoms with E-state index in [4.69, 9.17) is 0 Å². The van der Waals surface area contributed by atoms with Crippen molar-refractivity contribution in [3.05, 3.63) is 35.6 Å². The number of aryl methyl sites for hydroxylation is 1. The molecule has 1 fully saturated rings. The van der Waals surface area contributed by atoms with Crippen LogP contribution in [0.5, 0.6) is 0 Å². The van der Waals surface area contributed by atoms with Gasteiger partial charge >= 0.3 is 0 Å². The molecule has 1 aliphatic rings. The molecule has 1 heterocycles. The number of hydrogen-bond acceptors (Lipinski definition) is 3. The van der Waals surface area contributed by atoms with E-state index in [0.717, 1.165) is 12.1 Å². The Bertz CT molecular complexity index is 428. The molecule has 20 heavy (non-hydrogen) atoms. The van der Waals surface area contributed by atoms with Gasteiger partial charge < -0.3 is 15.7 Å². The van der Waals surface area contributed by atoms with Crippen molar-refractivity contribution in [2.75, 3.05) is 19.6 Å². The quantitative estimate of drug-likeness (QED) is 0.756. The molecule has 2 rings (SSSR count). The van der Waals surface area contributed by atoms with Crippen molar-refractivity contribution in [2.24, 2.45) is 5.92 Å². The van der Waals surface area contributed by atoms with Crippen molar-refractivity contribution < 1.29 is 14.3 Å². The van der Waals surface area contributed by atoms with E-state index >= 15 is 0 Å². The summed E-state index contributed by atoms with van der Waals surface area (Å²) in [6.07, 6.45) is 0.594. The third-order valence-electron chi connectivity index (χ3n) is 3.42. The minimum atomic E-state index is -0.377. The molecule has 0 radical (unpaired) electrons. The van der Waals surface area contributed by atoms with E-state index in [2.05, 4.69) is 10.6 Å². The van der Waals surface area contributed by atoms with Crippen LogP contribution in [0.2, 0.25) is 0 Å². The van der Waals surface area contributed by atoms with E-state index in [-0.39, 0.29) is 36.2 Å². The number of nitrogens with one attached hydrogen (secondary N) is 2. The Morgan fingerprint density at radius 3 is 2.65 bits per heavy atom. The maximum atomic E-state index is 12.7. The molecular weight excluding hydrogens is 283 g/mol. The molecule has 2 atom stereocenters. The van der Waals surface area contributed by atoms with Crippen molar-refractivity contribution in [3.8, 4) is 0 Å². The molecule has 4 nitrogen and oxygen atoms in total. The Labute approximate surface area is 124 Å². The van der Waals surface area contributed by atoms with Gasteiger partial charge in [-0.25, -0.2) is 4.39 Å². The van der Waals surface area contributed by atoms with Crippen LogP contribution in [-0.2, 0) is 11.2 Å². The van der Waals surface area contributed by atoms with Gasteiger partial charge in [0, 0.05) is 32.0 Å². The average Bonchev–Trinajstić information content (AvgIpc) is 2.81. The number of halogens is 2. The van der Waals surface area contributed by atoms with Gasteiger partial charge in [-0.2, -0.15) is 0 Å². The molecule has 1 aromatic rings. The highest BCUT2D eigenvalue weighted by Gasteiger charge is 2.24. The molecule has 0 aliphatic carbocycles. The lowest BCUT2D eigenvalue weighted by molar-refractivity contribution is -0.121. The van der Waals surface area contributed by atoms with Gasteiger partial charge in [-0.05, 0) is 24.1 Å². The Kier molecular flexibility index (Phi) is 6.91. The fourth-order valence-electron chi connectivity index (χ4n) is 2.17. The molecule has 1 aromatic carbocycles. The summed E-state index contributed by atoms with van der Waals surface area (Å²) in [5.41, 5.74) is 0.944. The predicted octanol–water partition coefficient (Wildman–Crippen LogP) is 0.877. The molecule has 0 bridgehead atoms. The zero-order valence-electron chi connectivity index (χ0n) is 11.1. The fourth-order valence-corrected chi connectivity index (χ4v) is 2.17. The Morgan fingerprint density at radius 1 is 1.35 bits per heavy atom. The molecule has 1 aliphatic heterocycles. The smallest absolute Gasteiger partial charge is 0.220 e. The molecule has 112 valence electrons. The highest BCUT2D eigenvalue weighted by molar-refractivity contribution is 5.85. The monoisotopic (exact) mass is 302 g/mol. The lowest BCUT2D eigenvalue weighted by Gasteiger charge is -2.14. The lowest BCUT2D eigenvalue weighted by atomic mass is 10.1. The lowest BCUT2D eigenvalue weighted by Crippen LogP contribution is -2.34. The van der Waals surface area contributed by atoms with Crippen LogP contribution in [0.4, 0.5) is 4.39 Å². The van der Waals surface area contributed by atoms with Crippen molar-refractivity contribution in [1.29, 1.82) is 0 Å². The minimum absolute atomic E-state index is 0. The van der Waals surface area contributed by atoms with Crippen LogP contribution in [0.3, 0.4) is 0 Å². The first-order valence-electron chi connectivity index (χ1n) is 6.55. The van der Waals surface area contributed by atoms with Crippen LogP contribution >= 0.6 is 12.4 Å². The molecule has 0 aromatic heterocycles. The molecule has 6 heteroatoms. The highest BCUT2D eigenvalue weighted by atomic mass is 35.5. The zero-order valence-corrected chi connectivity index (χ0v) is 12.0. The van der Waals surface area contributed by atoms with Crippen molar-refractivity contribution >= 4 is 18.3 Å². The molecule has 0 saturated carbocycles. The van der Waals surface area contributed by atoms with Gasteiger partial charge in [0.25, 0.3) is 0 Å². The number of carbonyl (C=O) groups excluding carboxylic acids is 1. The number of aliphatic hydroxyl groups excluding tert-OH is 1. The van der Waals surface area contributed by atoms with Crippen molar-refractivity contribution in [2.45, 2.75) is 18.9 Å². The summed E-state index contributed by atoms with van der Waals surface area (Å²) in [6.45, 7) is 1.83. The fraction of sp³-hybridized carbons (Fsp3) is 0.500. The van der Waals surface area contributed by atoms with E-state index < -0.39 is 0 Å². The van der Waals surface area contributed by atoms with Gasteiger partial charge in [0.15, 0.2) is 0 Å². The second-order valence-corrected chi connectivity index (χ2v) is 4.92. The molecule has 3 N–H and O–H groups in total. The standard InChI is InChI=1S/C14H19FN2O2.ClH/c15-12-4-1-10(2-5-12)3-6-14(19)17-8-11-7-16-9-13(11)18;/h1-2,4-5,11,13,16,18H,3,6-9H2,(H,17,19);1H. The topological polar surface area (TPSA) is 61.4 Å². The molecule has 1 amide bonds. The van der Waals surface area contributed by atoms with Gasteiger partial charge in [-0.15, -0.1) is 12.4 Å². The first kappa shape index (κ1) is 16.9. The number of β-amino-alcohol motifs (C(OH)–C–C–N with tert-alkyl or cyclic N) is 1. The second-order valence-electron chi connectivity index (χ2n) is 4.92. The van der Waals surface area contributed by atoms with Crippen molar-refractivity contribution in [1.82, 2.24) is 10.6 Å². The maximum absolute atomic E-state index is 12.7. The van der Waals surface area contributed by atoms with Crippen molar-refractivity contribution in [3.63, 3.8) is 0 Å². The van der Waals surface area contributed by atoms with Gasteiger partial charge in [0.2, 0.25) is 5.91 Å². The number of carbonyl (C=O) groups is 1. The van der Waals surface area contributed by atoms with Crippen LogP contribution in [0.25, 0.3) is 0 Å². The van der Waals surface area contributed by atoms with Crippen LogP contribution < -0.4 is 10.6 Å². The summed E-state index contributed by atoms with van der Waals surface area (Å²) in [6, 6.07) is 6.17. The minimum Gasteiger partial charge on any atom is -0.391 e. The summed E-state index contributed by atoms with van der Waals surface area (Å²) in [7, 11) is 0. The largest absolute Gasteiger partial charge is 0.391 e. The number of rotatable bonds is 5. The zero-order chi connectivity index (χ0) is 13.7. The Hall–Kier alpha value is -1.17. The third-order valence-corrected chi connectivity index (χ3v) is 3.42. The Balaban J connectivity index is 0.00000200. The number of aliphatic hydroxyl groups is 1. The van der Waals surface area contributed by atoms with Gasteiger partial charge in [0.05, 0.1) is 6.10 Å². The average molecular weight is 303 g/mol. The van der Waals surface area contributed by atoms with E-state index in [1.165, 1.54) is 12.1 Å². The van der Waals surface area contributed by atoms with Gasteiger partial charge in [0.1, 0.15) is 5.82 Å². The third kappa shape index (κ3) is 5.07. The molecule has 0 spiro atoms. The first-order valence-corrected chi connectivity index (χ1v) is 6.55. The summed E-state index contributed by atoms with van der Waals surface area (Å²) in [5.74, 6) is -0.214. The second kappa shape index (κ2) is 8.19. The highest BCUT2D eigenvalue weighted by Crippen LogP contribution is 2.08. The first-order chi connectivity index (χ1) is 9.15. The summed E-state index contributed by atoms with van der Waals surface area (Å²) >= 11 is 0. The van der Waals surface area contributed by atoms with Gasteiger partial charge in [-0.1, -0.05) is 12.1 Å². The van der Waals surface area contributed by atoms with E-state index in [9.17, 15) is 14.3 Å². The van der Waals surface area contributed by atoms with Crippen LogP contribution in [-0.4, -0.2) is 36.8 Å². The number of benzene rings is 1. The van der Waals surface area contributed by atoms with E-state index in [1.807, 2.05) is 0 Å². The van der Waals surface area contributed by atoms with Crippen LogP contribution in [0, 0.1) is 11.7 Å². The molecular formula is C14H20ClFN2O2. The number of hydrogen-bond donors (Lipinski definition) is 3.